The molecule has 3 aromatic heterocycles. The molecule has 0 N–H and O–H groups in total. The fraction of sp³-hybridized carbons (Fsp3) is 0.333. The van der Waals surface area contributed by atoms with Crippen LogP contribution in [0.25, 0.3) is 22.9 Å². The van der Waals surface area contributed by atoms with Crippen molar-refractivity contribution in [1.82, 2.24) is 14.5 Å². The van der Waals surface area contributed by atoms with Crippen molar-refractivity contribution in [2.45, 2.75) is 27.3 Å². The van der Waals surface area contributed by atoms with E-state index in [9.17, 15) is 14.4 Å². The van der Waals surface area contributed by atoms with Gasteiger partial charge in [0.2, 0.25) is 5.91 Å². The molecular formula is C21H23N3O5S2. The highest BCUT2D eigenvalue weighted by Crippen LogP contribution is 2.23. The van der Waals surface area contributed by atoms with E-state index in [0.717, 1.165) is 11.3 Å². The lowest BCUT2D eigenvalue weighted by Crippen LogP contribution is -2.40. The number of carbonyl (C=O) groups is 2. The minimum absolute atomic E-state index is 0.148. The van der Waals surface area contributed by atoms with E-state index in [1.54, 1.807) is 30.2 Å². The molecule has 0 spiro atoms. The molecule has 0 aliphatic rings. The van der Waals surface area contributed by atoms with Gasteiger partial charge in [-0.15, -0.1) is 22.7 Å². The first kappa shape index (κ1) is 22.7. The third-order valence-corrected chi connectivity index (χ3v) is 6.34. The third kappa shape index (κ3) is 5.39. The predicted molar refractivity (Wildman–Crippen MR) is 120 cm³/mol. The van der Waals surface area contributed by atoms with Crippen molar-refractivity contribution in [2.75, 3.05) is 19.7 Å². The van der Waals surface area contributed by atoms with E-state index in [4.69, 9.17) is 9.15 Å². The molecular weight excluding hydrogens is 438 g/mol. The summed E-state index contributed by atoms with van der Waals surface area (Å²) in [5.41, 5.74) is 0.244. The minimum atomic E-state index is -0.562. The van der Waals surface area contributed by atoms with Crippen LogP contribution in [0.2, 0.25) is 0 Å². The zero-order valence-corrected chi connectivity index (χ0v) is 19.1. The SMILES string of the molecule is CCOC(=O)/C=c1/s/c(=C/c2csc(-c3ccco3)n2)c(=O)n1CC(=O)N(CC)CC. The summed E-state index contributed by atoms with van der Waals surface area (Å²) < 4.78 is 12.4. The molecule has 0 saturated carbocycles. The molecule has 164 valence electrons. The molecule has 31 heavy (non-hydrogen) atoms. The number of amides is 1. The van der Waals surface area contributed by atoms with Gasteiger partial charge in [0.25, 0.3) is 5.56 Å². The summed E-state index contributed by atoms with van der Waals surface area (Å²) in [6.45, 7) is 6.61. The molecule has 3 rings (SSSR count). The predicted octanol–water partition coefficient (Wildman–Crippen LogP) is 1.67. The zero-order valence-electron chi connectivity index (χ0n) is 17.5. The molecule has 0 atom stereocenters. The molecule has 10 heteroatoms. The summed E-state index contributed by atoms with van der Waals surface area (Å²) in [6.07, 6.45) is 4.47. The zero-order chi connectivity index (χ0) is 22.4. The molecule has 0 aliphatic carbocycles. The van der Waals surface area contributed by atoms with Crippen LogP contribution in [-0.2, 0) is 20.9 Å². The highest BCUT2D eigenvalue weighted by Gasteiger charge is 2.15. The fourth-order valence-corrected chi connectivity index (χ4v) is 4.65. The van der Waals surface area contributed by atoms with Crippen molar-refractivity contribution >= 4 is 46.7 Å². The summed E-state index contributed by atoms with van der Waals surface area (Å²) in [5.74, 6) is -0.105. The van der Waals surface area contributed by atoms with E-state index in [-0.39, 0.29) is 24.6 Å². The molecule has 3 aromatic rings. The lowest BCUT2D eigenvalue weighted by molar-refractivity contribution is -0.135. The first-order chi connectivity index (χ1) is 15.0. The van der Waals surface area contributed by atoms with Crippen LogP contribution in [0.3, 0.4) is 0 Å². The highest BCUT2D eigenvalue weighted by atomic mass is 32.1. The summed E-state index contributed by atoms with van der Waals surface area (Å²) in [4.78, 5) is 43.8. The Balaban J connectivity index is 2.04. The first-order valence-electron chi connectivity index (χ1n) is 9.83. The van der Waals surface area contributed by atoms with Crippen LogP contribution in [0.1, 0.15) is 26.5 Å². The van der Waals surface area contributed by atoms with Crippen molar-refractivity contribution in [1.29, 1.82) is 0 Å². The number of nitrogens with zero attached hydrogens (tertiary/aromatic N) is 3. The minimum Gasteiger partial charge on any atom is -0.463 e. The van der Waals surface area contributed by atoms with E-state index in [0.29, 0.717) is 38.7 Å². The molecule has 0 saturated heterocycles. The summed E-state index contributed by atoms with van der Waals surface area (Å²) >= 11 is 2.52. The Morgan fingerprint density at radius 3 is 2.71 bits per heavy atom. The Hall–Kier alpha value is -2.98. The highest BCUT2D eigenvalue weighted by molar-refractivity contribution is 7.13. The van der Waals surface area contributed by atoms with E-state index in [1.165, 1.54) is 22.0 Å². The van der Waals surface area contributed by atoms with Gasteiger partial charge < -0.3 is 14.1 Å². The number of esters is 1. The average molecular weight is 462 g/mol. The molecule has 8 nitrogen and oxygen atoms in total. The van der Waals surface area contributed by atoms with E-state index >= 15 is 0 Å². The Morgan fingerprint density at radius 1 is 1.29 bits per heavy atom. The van der Waals surface area contributed by atoms with Crippen molar-refractivity contribution in [3.63, 3.8) is 0 Å². The third-order valence-electron chi connectivity index (χ3n) is 4.41. The Labute approximate surface area is 186 Å². The van der Waals surface area contributed by atoms with Crippen LogP contribution < -0.4 is 14.8 Å². The standard InChI is InChI=1S/C21H23N3O5S2/c1-4-23(5-2)17(25)12-24-18(11-19(26)28-6-3)31-16(21(24)27)10-14-13-30-20(22-14)15-8-7-9-29-15/h7-11,13H,4-6,12H2,1-3H3/b16-10+,18-11+. The monoisotopic (exact) mass is 461 g/mol. The van der Waals surface area contributed by atoms with Gasteiger partial charge in [0.1, 0.15) is 11.2 Å². The Bertz CT molecular complexity index is 1220. The van der Waals surface area contributed by atoms with Crippen molar-refractivity contribution in [3.8, 4) is 10.8 Å². The van der Waals surface area contributed by atoms with Crippen LogP contribution in [0.4, 0.5) is 0 Å². The van der Waals surface area contributed by atoms with E-state index < -0.39 is 5.97 Å². The summed E-state index contributed by atoms with van der Waals surface area (Å²) in [7, 11) is 0. The lowest BCUT2D eigenvalue weighted by atomic mass is 10.4. The molecule has 0 fully saturated rings. The maximum Gasteiger partial charge on any atom is 0.333 e. The maximum absolute atomic E-state index is 13.1. The maximum atomic E-state index is 13.1. The number of thiazole rings is 2. The Morgan fingerprint density at radius 2 is 2.06 bits per heavy atom. The molecule has 0 bridgehead atoms. The van der Waals surface area contributed by atoms with Crippen molar-refractivity contribution in [2.24, 2.45) is 0 Å². The van der Waals surface area contributed by atoms with E-state index in [1.807, 2.05) is 25.3 Å². The van der Waals surface area contributed by atoms with Crippen LogP contribution in [0.5, 0.6) is 0 Å². The van der Waals surface area contributed by atoms with Crippen LogP contribution in [-0.4, -0.2) is 46.0 Å². The molecule has 1 amide bonds. The quantitative estimate of drug-likeness (QED) is 0.474. The number of likely N-dealkylation sites (N-methyl/N-ethyl adjacent to an activating group) is 1. The number of furan rings is 1. The fourth-order valence-electron chi connectivity index (χ4n) is 2.89. The number of carbonyl (C=O) groups excluding carboxylic acids is 2. The number of ether oxygens (including phenoxy) is 1. The second kappa shape index (κ2) is 10.4. The van der Waals surface area contributed by atoms with Gasteiger partial charge in [-0.1, -0.05) is 0 Å². The number of hydrogen-bond acceptors (Lipinski definition) is 8. The number of hydrogen-bond donors (Lipinski definition) is 0. The molecule has 0 radical (unpaired) electrons. The van der Waals surface area contributed by atoms with Gasteiger partial charge in [-0.3, -0.25) is 14.2 Å². The molecule has 0 aliphatic heterocycles. The van der Waals surface area contributed by atoms with Crippen molar-refractivity contribution in [3.05, 3.63) is 49.0 Å². The summed E-state index contributed by atoms with van der Waals surface area (Å²) in [5, 5.41) is 2.51. The normalized spacial score (nSPS) is 12.4. The van der Waals surface area contributed by atoms with Gasteiger partial charge in [-0.2, -0.15) is 0 Å². The van der Waals surface area contributed by atoms with Crippen LogP contribution in [0, 0.1) is 0 Å². The number of rotatable bonds is 8. The largest absolute Gasteiger partial charge is 0.463 e. The number of aromatic nitrogens is 2. The second-order valence-electron chi connectivity index (χ2n) is 6.36. The first-order valence-corrected chi connectivity index (χ1v) is 11.5. The second-order valence-corrected chi connectivity index (χ2v) is 8.28. The topological polar surface area (TPSA) is 94.6 Å². The molecule has 0 unspecified atom stereocenters. The molecule has 3 heterocycles. The smallest absolute Gasteiger partial charge is 0.333 e. The van der Waals surface area contributed by atoms with Gasteiger partial charge in [-0.25, -0.2) is 9.78 Å². The molecule has 0 aromatic carbocycles. The van der Waals surface area contributed by atoms with Gasteiger partial charge in [0.15, 0.2) is 10.8 Å². The van der Waals surface area contributed by atoms with Gasteiger partial charge in [0.05, 0.1) is 29.2 Å². The lowest BCUT2D eigenvalue weighted by Gasteiger charge is -2.18. The van der Waals surface area contributed by atoms with Crippen LogP contribution >= 0.6 is 22.7 Å². The van der Waals surface area contributed by atoms with Gasteiger partial charge in [-0.05, 0) is 39.0 Å². The van der Waals surface area contributed by atoms with Crippen LogP contribution in [0.15, 0.2) is 33.0 Å². The van der Waals surface area contributed by atoms with Gasteiger partial charge in [0, 0.05) is 18.5 Å². The van der Waals surface area contributed by atoms with Crippen molar-refractivity contribution < 1.29 is 18.7 Å². The van der Waals surface area contributed by atoms with E-state index in [2.05, 4.69) is 4.98 Å². The summed E-state index contributed by atoms with van der Waals surface area (Å²) in [6, 6.07) is 3.59. The average Bonchev–Trinajstić information content (AvgIpc) is 3.48. The Kier molecular flexibility index (Phi) is 7.59. The van der Waals surface area contributed by atoms with Gasteiger partial charge >= 0.3 is 5.97 Å².